The molecule has 2 nitrogen and oxygen atoms in total. The smallest absolute Gasteiger partial charge is 0.399 e. The lowest BCUT2D eigenvalue weighted by Crippen LogP contribution is -2.42. The molecular formula is C21H33BO2. The number of benzene rings is 1. The van der Waals surface area contributed by atoms with E-state index in [4.69, 9.17) is 21.6 Å². The third kappa shape index (κ3) is 2.04. The lowest BCUT2D eigenvalue weighted by molar-refractivity contribution is 0.00578. The summed E-state index contributed by atoms with van der Waals surface area (Å²) in [5.74, 6) is 0. The highest BCUT2D eigenvalue weighted by atomic mass is 16.7. The van der Waals surface area contributed by atoms with Gasteiger partial charge in [0.2, 0.25) is 0 Å². The normalized spacial score (nSPS) is 47.1. The van der Waals surface area contributed by atoms with Crippen LogP contribution in [-0.4, -0.2) is 18.3 Å². The number of fused-ring (bicyclic) bond motifs is 1. The predicted molar refractivity (Wildman–Crippen MR) is 102 cm³/mol. The average Bonchev–Trinajstić information content (AvgIpc) is 2.93. The standard InChI is InChI=1S/C21H33BO2/c1-17(2)15-12-11-14(13-16(15)18(3,4)19(17,5)6)22-23-20(7,8)21(9,10)24-22/h11-13H,1-10H3/i1D3,3D3,5D3. The first-order valence-corrected chi connectivity index (χ1v) is 8.41. The van der Waals surface area contributed by atoms with E-state index in [9.17, 15) is 0 Å². The van der Waals surface area contributed by atoms with Gasteiger partial charge in [0.05, 0.1) is 11.2 Å². The molecule has 3 heteroatoms. The summed E-state index contributed by atoms with van der Waals surface area (Å²) in [6.07, 6.45) is 0. The molecule has 3 rings (SSSR count). The molecule has 2 aliphatic rings. The maximum absolute atomic E-state index is 8.42. The second-order valence-electron chi connectivity index (χ2n) is 8.77. The van der Waals surface area contributed by atoms with Gasteiger partial charge >= 0.3 is 7.12 Å². The van der Waals surface area contributed by atoms with Crippen LogP contribution in [0.15, 0.2) is 18.2 Å². The van der Waals surface area contributed by atoms with Crippen molar-refractivity contribution in [3.63, 3.8) is 0 Å². The highest BCUT2D eigenvalue weighted by Crippen LogP contribution is 2.61. The highest BCUT2D eigenvalue weighted by Gasteiger charge is 2.57. The molecule has 1 heterocycles. The number of hydrogen-bond acceptors (Lipinski definition) is 2. The van der Waals surface area contributed by atoms with Gasteiger partial charge < -0.3 is 9.31 Å². The van der Waals surface area contributed by atoms with Crippen molar-refractivity contribution >= 4 is 12.6 Å². The van der Waals surface area contributed by atoms with E-state index in [0.29, 0.717) is 5.46 Å². The van der Waals surface area contributed by atoms with Crippen molar-refractivity contribution in [1.29, 1.82) is 0 Å². The van der Waals surface area contributed by atoms with E-state index in [1.807, 2.05) is 27.7 Å². The molecule has 0 amide bonds. The van der Waals surface area contributed by atoms with Crippen LogP contribution in [0.4, 0.5) is 0 Å². The Balaban J connectivity index is 2.37. The van der Waals surface area contributed by atoms with Crippen molar-refractivity contribution in [2.45, 2.75) is 91.1 Å². The summed E-state index contributed by atoms with van der Waals surface area (Å²) in [6.45, 7) is 3.11. The zero-order valence-electron chi connectivity index (χ0n) is 24.6. The van der Waals surface area contributed by atoms with Gasteiger partial charge in [-0.2, -0.15) is 0 Å². The molecule has 0 N–H and O–H groups in total. The van der Waals surface area contributed by atoms with Crippen molar-refractivity contribution in [1.82, 2.24) is 0 Å². The first-order valence-electron chi connectivity index (χ1n) is 12.9. The molecule has 1 aromatic rings. The Morgan fingerprint density at radius 3 is 1.83 bits per heavy atom. The summed E-state index contributed by atoms with van der Waals surface area (Å²) < 4.78 is 87.7. The van der Waals surface area contributed by atoms with Gasteiger partial charge in [0, 0.05) is 12.3 Å². The molecule has 132 valence electrons. The fourth-order valence-corrected chi connectivity index (χ4v) is 3.58. The molecule has 1 aliphatic carbocycles. The second-order valence-corrected chi connectivity index (χ2v) is 8.77. The molecule has 0 spiro atoms. The van der Waals surface area contributed by atoms with Gasteiger partial charge in [-0.3, -0.25) is 0 Å². The van der Waals surface area contributed by atoms with Crippen LogP contribution < -0.4 is 5.46 Å². The topological polar surface area (TPSA) is 18.5 Å². The second kappa shape index (κ2) is 4.68. The summed E-state index contributed by atoms with van der Waals surface area (Å²) in [4.78, 5) is 0. The molecular weight excluding hydrogens is 295 g/mol. The Kier molecular flexibility index (Phi) is 1.91. The van der Waals surface area contributed by atoms with Crippen LogP contribution in [0.2, 0.25) is 0 Å². The summed E-state index contributed by atoms with van der Waals surface area (Å²) in [7, 11) is -0.806. The van der Waals surface area contributed by atoms with Crippen LogP contribution in [0.1, 0.15) is 92.5 Å². The Morgan fingerprint density at radius 1 is 0.792 bits per heavy atom. The molecule has 0 aromatic heterocycles. The first-order chi connectivity index (χ1) is 14.4. The van der Waals surface area contributed by atoms with E-state index in [1.54, 1.807) is 18.2 Å². The molecule has 1 aromatic carbocycles. The fourth-order valence-electron chi connectivity index (χ4n) is 3.58. The molecule has 24 heavy (non-hydrogen) atoms. The van der Waals surface area contributed by atoms with Gasteiger partial charge in [-0.15, -0.1) is 0 Å². The van der Waals surface area contributed by atoms with E-state index in [1.165, 1.54) is 20.8 Å². The zero-order chi connectivity index (χ0) is 25.8. The van der Waals surface area contributed by atoms with Crippen LogP contribution in [0.5, 0.6) is 0 Å². The van der Waals surface area contributed by atoms with Gasteiger partial charge in [0.25, 0.3) is 0 Å². The van der Waals surface area contributed by atoms with E-state index >= 15 is 0 Å². The maximum Gasteiger partial charge on any atom is 0.494 e. The monoisotopic (exact) mass is 337 g/mol. The van der Waals surface area contributed by atoms with Crippen LogP contribution in [0.25, 0.3) is 0 Å². The Hall–Kier alpha value is -0.795. The van der Waals surface area contributed by atoms with E-state index < -0.39 is 55.1 Å². The van der Waals surface area contributed by atoms with Crippen LogP contribution in [0, 0.1) is 5.41 Å². The lowest BCUT2D eigenvalue weighted by atomic mass is 9.59. The summed E-state index contributed by atoms with van der Waals surface area (Å²) >= 11 is 0. The molecule has 1 aliphatic heterocycles. The minimum Gasteiger partial charge on any atom is -0.399 e. The molecule has 0 radical (unpaired) electrons. The predicted octanol–water partition coefficient (Wildman–Crippen LogP) is 4.58. The van der Waals surface area contributed by atoms with Gasteiger partial charge in [0.15, 0.2) is 0 Å². The van der Waals surface area contributed by atoms with Crippen molar-refractivity contribution in [3.05, 3.63) is 29.3 Å². The Labute approximate surface area is 161 Å². The molecule has 3 atom stereocenters. The van der Waals surface area contributed by atoms with Gasteiger partial charge in [-0.1, -0.05) is 59.5 Å². The quantitative estimate of drug-likeness (QED) is 0.698. The molecule has 1 fully saturated rings. The summed E-state index contributed by atoms with van der Waals surface area (Å²) in [5.41, 5.74) is -6.41. The lowest BCUT2D eigenvalue weighted by Gasteiger charge is -2.44. The van der Waals surface area contributed by atoms with Gasteiger partial charge in [0.1, 0.15) is 0 Å². The Morgan fingerprint density at radius 2 is 1.33 bits per heavy atom. The van der Waals surface area contributed by atoms with Crippen molar-refractivity contribution < 1.29 is 21.6 Å². The van der Waals surface area contributed by atoms with E-state index in [2.05, 4.69) is 0 Å². The zero-order valence-corrected chi connectivity index (χ0v) is 15.6. The highest BCUT2D eigenvalue weighted by molar-refractivity contribution is 6.62. The number of hydrogen-bond donors (Lipinski definition) is 0. The van der Waals surface area contributed by atoms with E-state index in [-0.39, 0.29) is 11.1 Å². The molecule has 3 unspecified atom stereocenters. The Bertz CT molecular complexity index is 950. The van der Waals surface area contributed by atoms with Crippen LogP contribution >= 0.6 is 0 Å². The first kappa shape index (κ1) is 9.78. The van der Waals surface area contributed by atoms with Crippen molar-refractivity contribution in [3.8, 4) is 0 Å². The average molecular weight is 337 g/mol. The van der Waals surface area contributed by atoms with Gasteiger partial charge in [-0.25, -0.2) is 0 Å². The van der Waals surface area contributed by atoms with Gasteiger partial charge in [-0.05, 0) is 60.5 Å². The maximum atomic E-state index is 8.42. The SMILES string of the molecule is [2H]C([2H])([2H])C1(C)c2ccc(B3OC(C)(C)C(C)(C)O3)cc2C(C)(C([2H])([2H])[2H])C1(C)C([2H])([2H])[2H]. The third-order valence-electron chi connectivity index (χ3n) is 6.65. The summed E-state index contributed by atoms with van der Waals surface area (Å²) in [6, 6.07) is 4.77. The minimum absolute atomic E-state index is 0.187. The van der Waals surface area contributed by atoms with Crippen molar-refractivity contribution in [2.24, 2.45) is 5.41 Å². The molecule has 1 saturated heterocycles. The third-order valence-corrected chi connectivity index (χ3v) is 6.65. The van der Waals surface area contributed by atoms with Crippen molar-refractivity contribution in [2.75, 3.05) is 0 Å². The molecule has 0 saturated carbocycles. The van der Waals surface area contributed by atoms with E-state index in [0.717, 1.165) is 0 Å². The fraction of sp³-hybridized carbons (Fsp3) is 0.714. The summed E-state index contributed by atoms with van der Waals surface area (Å²) in [5, 5.41) is 0. The number of rotatable bonds is 1. The minimum atomic E-state index is -2.89. The van der Waals surface area contributed by atoms with Crippen LogP contribution in [0.3, 0.4) is 0 Å². The largest absolute Gasteiger partial charge is 0.494 e. The molecule has 0 bridgehead atoms. The van der Waals surface area contributed by atoms with Crippen LogP contribution in [-0.2, 0) is 20.1 Å².